The summed E-state index contributed by atoms with van der Waals surface area (Å²) in [4.78, 5) is 4.25. The molecule has 0 spiro atoms. The van der Waals surface area contributed by atoms with E-state index in [1.54, 1.807) is 0 Å². The Balaban J connectivity index is 1.19. The SMILES string of the molecule is OC1(CCCc2cccc(OC(F)(F)F)c2F)CCN(CCN2CCC(O)(c3cccc(OC(F)(F)F)c3F)CC2)CC1. The number of nitrogens with zero attached hydrogens (tertiary/aromatic N) is 2. The smallest absolute Gasteiger partial charge is 0.403 e. The number of alkyl halides is 6. The van der Waals surface area contributed by atoms with Gasteiger partial charge in [0.05, 0.1) is 11.2 Å². The average molecular weight is 627 g/mol. The second-order valence-electron chi connectivity index (χ2n) is 11.2. The minimum atomic E-state index is -5.06. The van der Waals surface area contributed by atoms with Crippen molar-refractivity contribution in [1.29, 1.82) is 0 Å². The van der Waals surface area contributed by atoms with Crippen molar-refractivity contribution in [3.63, 3.8) is 0 Å². The lowest BCUT2D eigenvalue weighted by Crippen LogP contribution is -2.48. The van der Waals surface area contributed by atoms with Crippen molar-refractivity contribution in [3.05, 3.63) is 59.2 Å². The molecule has 2 saturated heterocycles. The largest absolute Gasteiger partial charge is 0.573 e. The van der Waals surface area contributed by atoms with E-state index in [2.05, 4.69) is 19.3 Å². The Morgan fingerprint density at radius 2 is 1.19 bits per heavy atom. The van der Waals surface area contributed by atoms with Gasteiger partial charge in [-0.3, -0.25) is 0 Å². The highest BCUT2D eigenvalue weighted by atomic mass is 19.4. The Morgan fingerprint density at radius 1 is 0.698 bits per heavy atom. The van der Waals surface area contributed by atoms with Crippen LogP contribution in [-0.4, -0.2) is 77.6 Å². The third kappa shape index (κ3) is 9.16. The summed E-state index contributed by atoms with van der Waals surface area (Å²) in [6.07, 6.45) is -7.95. The Labute approximate surface area is 243 Å². The van der Waals surface area contributed by atoms with Crippen LogP contribution in [0.2, 0.25) is 0 Å². The van der Waals surface area contributed by atoms with E-state index in [-0.39, 0.29) is 30.4 Å². The van der Waals surface area contributed by atoms with E-state index >= 15 is 0 Å². The molecular weight excluding hydrogens is 592 g/mol. The highest BCUT2D eigenvalue weighted by Gasteiger charge is 2.39. The standard InChI is InChI=1S/C29H34F8N2O4/c30-24-20(4-1-7-22(24)42-28(32,33)34)5-3-9-26(40)10-14-38(15-11-26)18-19-39-16-12-27(41,13-17-39)21-6-2-8-23(25(21)31)43-29(35,36)37/h1-2,4,6-8,40-41H,3,5,9-19H2. The predicted octanol–water partition coefficient (Wildman–Crippen LogP) is 5.90. The molecule has 0 bridgehead atoms. The summed E-state index contributed by atoms with van der Waals surface area (Å²) in [7, 11) is 0. The molecule has 240 valence electrons. The van der Waals surface area contributed by atoms with Crippen molar-refractivity contribution in [2.24, 2.45) is 0 Å². The number of aryl methyl sites for hydroxylation is 1. The fraction of sp³-hybridized carbons (Fsp3) is 0.586. The molecule has 43 heavy (non-hydrogen) atoms. The highest BCUT2D eigenvalue weighted by Crippen LogP contribution is 2.38. The predicted molar refractivity (Wildman–Crippen MR) is 139 cm³/mol. The van der Waals surface area contributed by atoms with E-state index in [0.717, 1.165) is 12.1 Å². The van der Waals surface area contributed by atoms with Crippen LogP contribution < -0.4 is 9.47 Å². The van der Waals surface area contributed by atoms with E-state index in [9.17, 15) is 45.3 Å². The number of hydrogen-bond acceptors (Lipinski definition) is 6. The molecule has 2 aromatic rings. The molecule has 6 nitrogen and oxygen atoms in total. The minimum Gasteiger partial charge on any atom is -0.403 e. The summed E-state index contributed by atoms with van der Waals surface area (Å²) in [6.45, 7) is 3.34. The van der Waals surface area contributed by atoms with Gasteiger partial charge in [-0.1, -0.05) is 24.3 Å². The molecule has 0 aliphatic carbocycles. The monoisotopic (exact) mass is 626 g/mol. The number of benzene rings is 2. The summed E-state index contributed by atoms with van der Waals surface area (Å²) in [5.74, 6) is -4.16. The van der Waals surface area contributed by atoms with Crippen LogP contribution in [0.5, 0.6) is 11.5 Å². The van der Waals surface area contributed by atoms with Gasteiger partial charge in [-0.25, -0.2) is 8.78 Å². The van der Waals surface area contributed by atoms with E-state index in [1.165, 1.54) is 24.3 Å². The van der Waals surface area contributed by atoms with Crippen LogP contribution in [0.25, 0.3) is 0 Å². The molecule has 0 radical (unpaired) electrons. The first-order valence-electron chi connectivity index (χ1n) is 14.0. The third-order valence-electron chi connectivity index (χ3n) is 8.25. The normalized spacial score (nSPS) is 19.8. The molecule has 0 atom stereocenters. The van der Waals surface area contributed by atoms with Crippen LogP contribution in [0.1, 0.15) is 49.7 Å². The highest BCUT2D eigenvalue weighted by molar-refractivity contribution is 5.35. The van der Waals surface area contributed by atoms with Crippen LogP contribution >= 0.6 is 0 Å². The first-order valence-corrected chi connectivity index (χ1v) is 14.0. The zero-order chi connectivity index (χ0) is 31.5. The lowest BCUT2D eigenvalue weighted by molar-refractivity contribution is -0.276. The summed E-state index contributed by atoms with van der Waals surface area (Å²) in [6, 6.07) is 6.93. The van der Waals surface area contributed by atoms with Gasteiger partial charge in [0.25, 0.3) is 0 Å². The van der Waals surface area contributed by atoms with Crippen molar-refractivity contribution < 1.29 is 54.8 Å². The second kappa shape index (κ2) is 13.1. The molecule has 2 N–H and O–H groups in total. The Kier molecular flexibility index (Phi) is 10.1. The second-order valence-corrected chi connectivity index (χ2v) is 11.2. The summed E-state index contributed by atoms with van der Waals surface area (Å²) in [5, 5.41) is 22.0. The molecular formula is C29H34F8N2O4. The van der Waals surface area contributed by atoms with Gasteiger partial charge >= 0.3 is 12.7 Å². The van der Waals surface area contributed by atoms with E-state index in [4.69, 9.17) is 0 Å². The zero-order valence-corrected chi connectivity index (χ0v) is 23.3. The zero-order valence-electron chi connectivity index (χ0n) is 23.3. The van der Waals surface area contributed by atoms with Gasteiger partial charge in [0.15, 0.2) is 23.1 Å². The van der Waals surface area contributed by atoms with Gasteiger partial charge in [0.2, 0.25) is 0 Å². The van der Waals surface area contributed by atoms with Gasteiger partial charge in [-0.2, -0.15) is 0 Å². The quantitative estimate of drug-likeness (QED) is 0.321. The first kappa shape index (κ1) is 33.2. The third-order valence-corrected chi connectivity index (χ3v) is 8.25. The molecule has 2 aliphatic rings. The van der Waals surface area contributed by atoms with Gasteiger partial charge in [-0.15, -0.1) is 26.3 Å². The number of ether oxygens (including phenoxy) is 2. The van der Waals surface area contributed by atoms with Crippen molar-refractivity contribution in [2.75, 3.05) is 39.3 Å². The van der Waals surface area contributed by atoms with Crippen LogP contribution in [0.3, 0.4) is 0 Å². The molecule has 0 aromatic heterocycles. The Bertz CT molecular complexity index is 1220. The maximum atomic E-state index is 14.8. The molecule has 2 heterocycles. The maximum Gasteiger partial charge on any atom is 0.573 e. The van der Waals surface area contributed by atoms with Gasteiger partial charge in [-0.05, 0) is 62.6 Å². The van der Waals surface area contributed by atoms with Crippen molar-refractivity contribution in [3.8, 4) is 11.5 Å². The number of aliphatic hydroxyl groups is 2. The fourth-order valence-electron chi connectivity index (χ4n) is 5.78. The van der Waals surface area contributed by atoms with Gasteiger partial charge < -0.3 is 29.5 Å². The van der Waals surface area contributed by atoms with Crippen molar-refractivity contribution in [2.45, 2.75) is 68.9 Å². The van der Waals surface area contributed by atoms with E-state index in [0.29, 0.717) is 65.0 Å². The topological polar surface area (TPSA) is 65.4 Å². The number of rotatable bonds is 10. The first-order chi connectivity index (χ1) is 20.1. The molecule has 2 aliphatic heterocycles. The molecule has 14 heteroatoms. The molecule has 0 saturated carbocycles. The molecule has 4 rings (SSSR count). The number of hydrogen-bond donors (Lipinski definition) is 2. The van der Waals surface area contributed by atoms with Gasteiger partial charge in [0.1, 0.15) is 0 Å². The maximum absolute atomic E-state index is 14.8. The van der Waals surface area contributed by atoms with E-state index in [1.807, 2.05) is 0 Å². The molecule has 2 fully saturated rings. The number of piperidine rings is 2. The van der Waals surface area contributed by atoms with Crippen LogP contribution in [0, 0.1) is 11.6 Å². The Morgan fingerprint density at radius 3 is 1.72 bits per heavy atom. The van der Waals surface area contributed by atoms with Gasteiger partial charge in [0, 0.05) is 44.8 Å². The lowest BCUT2D eigenvalue weighted by atomic mass is 9.84. The minimum absolute atomic E-state index is 0.0845. The number of halogens is 8. The summed E-state index contributed by atoms with van der Waals surface area (Å²) < 4.78 is 112. The van der Waals surface area contributed by atoms with Crippen LogP contribution in [0.4, 0.5) is 35.1 Å². The number of likely N-dealkylation sites (tertiary alicyclic amines) is 2. The molecule has 0 amide bonds. The van der Waals surface area contributed by atoms with Crippen molar-refractivity contribution >= 4 is 0 Å². The molecule has 0 unspecified atom stereocenters. The average Bonchev–Trinajstić information content (AvgIpc) is 2.91. The lowest BCUT2D eigenvalue weighted by Gasteiger charge is -2.41. The van der Waals surface area contributed by atoms with Crippen LogP contribution in [0.15, 0.2) is 36.4 Å². The fourth-order valence-corrected chi connectivity index (χ4v) is 5.78. The summed E-state index contributed by atoms with van der Waals surface area (Å²) in [5.41, 5.74) is -2.73. The summed E-state index contributed by atoms with van der Waals surface area (Å²) >= 11 is 0. The van der Waals surface area contributed by atoms with E-state index < -0.39 is 47.1 Å². The van der Waals surface area contributed by atoms with Crippen LogP contribution in [-0.2, 0) is 12.0 Å². The Hall–Kier alpha value is -2.68. The van der Waals surface area contributed by atoms with Crippen molar-refractivity contribution in [1.82, 2.24) is 9.80 Å². The molecule has 2 aromatic carbocycles.